The number of amides is 3. The molecule has 9 rings (SSSR count). The van der Waals surface area contributed by atoms with Crippen molar-refractivity contribution in [2.45, 2.75) is 116 Å². The summed E-state index contributed by atoms with van der Waals surface area (Å²) in [7, 11) is 3.28. The second kappa shape index (κ2) is 24.1. The molecule has 4 aliphatic heterocycles. The van der Waals surface area contributed by atoms with E-state index in [0.29, 0.717) is 75.4 Å². The number of pyridine rings is 1. The number of carbonyl (C=O) groups excluding carboxylic acids is 4. The van der Waals surface area contributed by atoms with Crippen LogP contribution in [0.5, 0.6) is 5.75 Å². The Morgan fingerprint density at radius 2 is 1.77 bits per heavy atom. The van der Waals surface area contributed by atoms with Gasteiger partial charge in [-0.1, -0.05) is 63.8 Å². The number of hydrazine groups is 1. The van der Waals surface area contributed by atoms with Gasteiger partial charge in [-0.2, -0.15) is 0 Å². The van der Waals surface area contributed by atoms with E-state index in [4.69, 9.17) is 29.7 Å². The van der Waals surface area contributed by atoms with Crippen LogP contribution in [0, 0.1) is 23.2 Å². The van der Waals surface area contributed by atoms with Gasteiger partial charge in [0.2, 0.25) is 5.91 Å². The summed E-state index contributed by atoms with van der Waals surface area (Å²) in [5.74, 6) is 4.30. The lowest BCUT2D eigenvalue weighted by molar-refractivity contribution is -0.155. The smallest absolute Gasteiger partial charge is 0.324 e. The Kier molecular flexibility index (Phi) is 17.2. The molecule has 0 spiro atoms. The van der Waals surface area contributed by atoms with Gasteiger partial charge in [-0.25, -0.2) is 5.43 Å². The molecule has 4 aliphatic rings. The van der Waals surface area contributed by atoms with Gasteiger partial charge in [-0.3, -0.25) is 34.1 Å². The Balaban J connectivity index is 1.11. The van der Waals surface area contributed by atoms with Crippen molar-refractivity contribution in [3.05, 3.63) is 101 Å². The number of benzene rings is 3. The number of cyclic esters (lactones) is 1. The summed E-state index contributed by atoms with van der Waals surface area (Å²) in [6, 6.07) is 18.0. The molecule has 0 aliphatic carbocycles. The number of esters is 1. The first-order chi connectivity index (χ1) is 37.4. The Hall–Kier alpha value is -6.81. The molecule has 0 radical (unpaired) electrons. The number of aromatic nitrogens is 2. The third-order valence-corrected chi connectivity index (χ3v) is 15.8. The second-order valence-electron chi connectivity index (χ2n) is 22.4. The Bertz CT molecular complexity index is 3080. The predicted molar refractivity (Wildman–Crippen MR) is 299 cm³/mol. The monoisotopic (exact) mass is 1060 g/mol. The number of nitrogens with zero attached hydrogens (tertiary/aromatic N) is 5. The number of anilines is 1. The topological polar surface area (TPSA) is 203 Å². The van der Waals surface area contributed by atoms with Gasteiger partial charge in [-0.05, 0) is 116 Å². The summed E-state index contributed by atoms with van der Waals surface area (Å²) in [6.07, 6.45) is 2.65. The molecule has 3 amide bonds. The number of rotatable bonds is 11. The van der Waals surface area contributed by atoms with Crippen molar-refractivity contribution in [2.75, 3.05) is 72.5 Å². The number of methoxy groups -OCH3 is 1. The van der Waals surface area contributed by atoms with E-state index in [1.54, 1.807) is 38.4 Å². The number of phenols is 1. The number of ether oxygens (including phenoxy) is 4. The number of nitrogen functional groups attached to an aromatic ring is 1. The minimum atomic E-state index is -1.19. The summed E-state index contributed by atoms with van der Waals surface area (Å²) in [6.45, 7) is 17.0. The van der Waals surface area contributed by atoms with E-state index >= 15 is 0 Å². The first kappa shape index (κ1) is 55.9. The summed E-state index contributed by atoms with van der Waals surface area (Å²) >= 11 is 0. The minimum absolute atomic E-state index is 0.0185. The van der Waals surface area contributed by atoms with Crippen molar-refractivity contribution in [1.82, 2.24) is 35.1 Å². The highest BCUT2D eigenvalue weighted by Gasteiger charge is 2.42. The molecule has 17 nitrogen and oxygen atoms in total. The highest BCUT2D eigenvalue weighted by Crippen LogP contribution is 2.43. The molecule has 3 aromatic carbocycles. The molecule has 6 heterocycles. The number of nitrogens with two attached hydrogens (primary N) is 1. The third kappa shape index (κ3) is 12.2. The molecular weight excluding hydrogens is 989 g/mol. The minimum Gasteiger partial charge on any atom is -0.508 e. The Morgan fingerprint density at radius 1 is 1.00 bits per heavy atom. The number of fused-ring (bicyclic) bond motifs is 6. The average Bonchev–Trinajstić information content (AvgIpc) is 4.20. The van der Waals surface area contributed by atoms with Gasteiger partial charge in [-0.15, -0.1) is 0 Å². The predicted octanol–water partition coefficient (Wildman–Crippen LogP) is 6.77. The fourth-order valence-electron chi connectivity index (χ4n) is 11.6. The van der Waals surface area contributed by atoms with Crippen molar-refractivity contribution in [3.63, 3.8) is 0 Å². The molecule has 414 valence electrons. The van der Waals surface area contributed by atoms with Crippen LogP contribution in [-0.2, 0) is 57.5 Å². The van der Waals surface area contributed by atoms with Crippen molar-refractivity contribution < 1.29 is 43.2 Å². The number of phenolic OH excluding ortho intramolecular Hbond substituents is 1. The van der Waals surface area contributed by atoms with Crippen LogP contribution >= 0.6 is 0 Å². The zero-order valence-corrected chi connectivity index (χ0v) is 46.4. The van der Waals surface area contributed by atoms with Crippen LogP contribution < -0.4 is 16.5 Å². The van der Waals surface area contributed by atoms with Gasteiger partial charge in [0.25, 0.3) is 11.8 Å². The standard InChI is InChI=1S/C61H76N8O9/c1-9-68-52-19-16-42-33-47(52)49(55(68)48-30-39(35-63-53(48)38(4)75-8)12-10-21-67-23-26-76-27-24-67)34-61(5,6)36-78-60(74)50-13-11-22-69(65-50)58(72)51(31-40-28-43(42)32-45(70)29-40)64-57(71)54(37(2)3)66(7)59(73)56-46(20-25-77-56)41-14-17-44(62)18-15-41/h14-19,28-30,32-33,35,37-38,46,50-51,54,56,65,70H,9,11,13,20-27,31,34,36,62H2,1-8H3,(H,64,71). The van der Waals surface area contributed by atoms with Crippen molar-refractivity contribution in [2.24, 2.45) is 11.3 Å². The number of nitrogens with one attached hydrogen (secondary N) is 2. The van der Waals surface area contributed by atoms with E-state index < -0.39 is 47.4 Å². The van der Waals surface area contributed by atoms with Crippen LogP contribution in [0.4, 0.5) is 5.69 Å². The average molecular weight is 1070 g/mol. The highest BCUT2D eigenvalue weighted by atomic mass is 16.5. The molecule has 6 bridgehead atoms. The van der Waals surface area contributed by atoms with Gasteiger partial charge < -0.3 is 44.6 Å². The molecule has 3 saturated heterocycles. The van der Waals surface area contributed by atoms with Gasteiger partial charge in [0, 0.05) is 98.6 Å². The number of aryl methyl sites for hydroxylation is 1. The molecule has 17 heteroatoms. The van der Waals surface area contributed by atoms with Crippen LogP contribution in [0.1, 0.15) is 101 Å². The molecule has 2 aromatic heterocycles. The van der Waals surface area contributed by atoms with Crippen LogP contribution in [0.25, 0.3) is 33.3 Å². The lowest BCUT2D eigenvalue weighted by atomic mass is 9.84. The van der Waals surface area contributed by atoms with E-state index in [2.05, 4.69) is 71.0 Å². The molecule has 0 saturated carbocycles. The Labute approximate surface area is 458 Å². The Morgan fingerprint density at radius 3 is 2.50 bits per heavy atom. The fourth-order valence-corrected chi connectivity index (χ4v) is 11.6. The molecule has 6 unspecified atom stereocenters. The number of carbonyl (C=O) groups is 4. The number of likely N-dealkylation sites (N-methyl/N-ethyl adjacent to an activating group) is 1. The van der Waals surface area contributed by atoms with E-state index in [0.717, 1.165) is 63.2 Å². The molecule has 6 atom stereocenters. The maximum Gasteiger partial charge on any atom is 0.324 e. The normalized spacial score (nSPS) is 21.8. The lowest BCUT2D eigenvalue weighted by Gasteiger charge is -2.37. The third-order valence-electron chi connectivity index (χ3n) is 15.8. The van der Waals surface area contributed by atoms with Gasteiger partial charge >= 0.3 is 5.97 Å². The number of aromatic hydroxyl groups is 1. The molecule has 78 heavy (non-hydrogen) atoms. The first-order valence-electron chi connectivity index (χ1n) is 27.5. The molecular formula is C61H76N8O9. The second-order valence-corrected chi connectivity index (χ2v) is 22.4. The lowest BCUT2D eigenvalue weighted by Crippen LogP contribution is -2.62. The summed E-state index contributed by atoms with van der Waals surface area (Å²) in [5, 5.41) is 16.9. The first-order valence-corrected chi connectivity index (χ1v) is 27.5. The van der Waals surface area contributed by atoms with Crippen LogP contribution in [0.2, 0.25) is 0 Å². The number of morpholine rings is 1. The van der Waals surface area contributed by atoms with Crippen LogP contribution in [0.3, 0.4) is 0 Å². The maximum atomic E-state index is 14.9. The maximum absolute atomic E-state index is 14.9. The summed E-state index contributed by atoms with van der Waals surface area (Å²) in [4.78, 5) is 67.1. The van der Waals surface area contributed by atoms with Crippen molar-refractivity contribution in [1.29, 1.82) is 0 Å². The quantitative estimate of drug-likeness (QED) is 0.0614. The van der Waals surface area contributed by atoms with Crippen molar-refractivity contribution >= 4 is 40.3 Å². The van der Waals surface area contributed by atoms with E-state index in [1.807, 2.05) is 51.2 Å². The number of hydrogen-bond donors (Lipinski definition) is 4. The van der Waals surface area contributed by atoms with Crippen LogP contribution in [-0.4, -0.2) is 144 Å². The zero-order valence-electron chi connectivity index (χ0n) is 46.4. The van der Waals surface area contributed by atoms with Crippen molar-refractivity contribution in [3.8, 4) is 40.0 Å². The fraction of sp³-hybridized carbons (Fsp3) is 0.492. The van der Waals surface area contributed by atoms with E-state index in [1.165, 1.54) is 9.91 Å². The van der Waals surface area contributed by atoms with E-state index in [9.17, 15) is 24.3 Å². The molecule has 5 aromatic rings. The summed E-state index contributed by atoms with van der Waals surface area (Å²) in [5.41, 5.74) is 17.6. The number of hydrogen-bond acceptors (Lipinski definition) is 13. The summed E-state index contributed by atoms with van der Waals surface area (Å²) < 4.78 is 26.1. The SMILES string of the molecule is CCn1c(-c2cc(C#CCN3CCOCC3)cnc2C(C)OC)c2c3cc(ccc31)-c1cc(O)cc(c1)CC(NC(=O)C(C(C)C)N(C)C(=O)C1OCCC1c1ccc(N)cc1)C(=O)N1CCCC(N1)C(=O)OCC(C)(C)C2. The van der Waals surface area contributed by atoms with E-state index in [-0.39, 0.29) is 49.2 Å². The molecule has 5 N–H and O–H groups in total. The van der Waals surface area contributed by atoms with Gasteiger partial charge in [0.15, 0.2) is 0 Å². The zero-order chi connectivity index (χ0) is 55.4. The highest BCUT2D eigenvalue weighted by molar-refractivity contribution is 5.96. The van der Waals surface area contributed by atoms with Gasteiger partial charge in [0.1, 0.15) is 30.0 Å². The molecule has 3 fully saturated rings. The van der Waals surface area contributed by atoms with Crippen LogP contribution in [0.15, 0.2) is 72.9 Å². The van der Waals surface area contributed by atoms with Gasteiger partial charge in [0.05, 0.1) is 43.9 Å². The largest absolute Gasteiger partial charge is 0.508 e.